The van der Waals surface area contributed by atoms with Crippen LogP contribution in [0.5, 0.6) is 5.75 Å². The van der Waals surface area contributed by atoms with E-state index in [0.717, 1.165) is 22.6 Å². The number of benzene rings is 2. The molecule has 4 N–H and O–H groups in total. The molecule has 0 radical (unpaired) electrons. The van der Waals surface area contributed by atoms with Gasteiger partial charge in [0.1, 0.15) is 16.8 Å². The highest BCUT2D eigenvalue weighted by atomic mass is 32.2. The summed E-state index contributed by atoms with van der Waals surface area (Å²) in [6.07, 6.45) is -3.02. The van der Waals surface area contributed by atoms with Gasteiger partial charge in [0.15, 0.2) is 0 Å². The van der Waals surface area contributed by atoms with Crippen LogP contribution in [-0.2, 0) is 30.8 Å². The predicted octanol–water partition coefficient (Wildman–Crippen LogP) is 3.03. The third-order valence-electron chi connectivity index (χ3n) is 5.72. The summed E-state index contributed by atoms with van der Waals surface area (Å²) in [7, 11) is -2.09. The van der Waals surface area contributed by atoms with Crippen LogP contribution in [0, 0.1) is 0 Å². The van der Waals surface area contributed by atoms with Gasteiger partial charge in [-0.3, -0.25) is 14.3 Å². The smallest absolute Gasteiger partial charge is 0.490 e. The van der Waals surface area contributed by atoms with Gasteiger partial charge in [-0.05, 0) is 29.7 Å². The van der Waals surface area contributed by atoms with E-state index in [9.17, 15) is 31.2 Å². The minimum atomic E-state index is -5.08. The molecule has 11 nitrogen and oxygen atoms in total. The Bertz CT molecular complexity index is 1490. The average Bonchev–Trinajstić information content (AvgIpc) is 3.47. The molecule has 0 bridgehead atoms. The highest BCUT2D eigenvalue weighted by Crippen LogP contribution is 2.31. The number of aliphatic carboxylic acids is 1. The van der Waals surface area contributed by atoms with Crippen LogP contribution in [0.3, 0.4) is 0 Å². The zero-order valence-electron chi connectivity index (χ0n) is 21.2. The second kappa shape index (κ2) is 12.2. The van der Waals surface area contributed by atoms with Gasteiger partial charge in [-0.2, -0.15) is 13.2 Å². The van der Waals surface area contributed by atoms with Crippen LogP contribution in [0.2, 0.25) is 0 Å². The summed E-state index contributed by atoms with van der Waals surface area (Å²) < 4.78 is 63.2. The number of ether oxygens (including phenoxy) is 1. The lowest BCUT2D eigenvalue weighted by Gasteiger charge is -2.16. The number of carboxylic acids is 1. The van der Waals surface area contributed by atoms with E-state index >= 15 is 0 Å². The van der Waals surface area contributed by atoms with Crippen molar-refractivity contribution in [2.75, 3.05) is 7.11 Å². The van der Waals surface area contributed by atoms with Gasteiger partial charge < -0.3 is 20.1 Å². The van der Waals surface area contributed by atoms with Crippen molar-refractivity contribution in [3.8, 4) is 17.0 Å². The third-order valence-corrected chi connectivity index (χ3v) is 7.42. The normalized spacial score (nSPS) is 16.7. The Morgan fingerprint density at radius 1 is 1.20 bits per heavy atom. The predicted molar refractivity (Wildman–Crippen MR) is 135 cm³/mol. The Kier molecular flexibility index (Phi) is 9.19. The molecular formula is C25H25F3N4O7S. The summed E-state index contributed by atoms with van der Waals surface area (Å²) in [6.45, 7) is 1.44. The molecule has 1 saturated heterocycles. The summed E-state index contributed by atoms with van der Waals surface area (Å²) in [4.78, 5) is 40.0. The first-order chi connectivity index (χ1) is 18.7. The fraction of sp³-hybridized carbons (Fsp3) is 0.280. The number of rotatable bonds is 7. The summed E-state index contributed by atoms with van der Waals surface area (Å²) in [5, 5.41) is 9.15. The molecule has 4 rings (SSSR count). The number of sulfonamides is 1. The number of imidazole rings is 1. The van der Waals surface area contributed by atoms with Crippen LogP contribution in [0.1, 0.15) is 41.6 Å². The first-order valence-corrected chi connectivity index (χ1v) is 13.1. The van der Waals surface area contributed by atoms with Crippen LogP contribution in [0.15, 0.2) is 54.7 Å². The van der Waals surface area contributed by atoms with E-state index in [4.69, 9.17) is 14.6 Å². The summed E-state index contributed by atoms with van der Waals surface area (Å²) in [5.74, 6) is -2.13. The fourth-order valence-corrected chi connectivity index (χ4v) is 5.29. The van der Waals surface area contributed by atoms with Gasteiger partial charge in [0.25, 0.3) is 0 Å². The number of aromatic nitrogens is 2. The average molecular weight is 583 g/mol. The number of nitrogens with one attached hydrogen (secondary N) is 3. The SMILES string of the molecule is COc1cccc(-c2cnc(C(Cc3ccc(C4CC(=O)NS4(=O)=O)cc3)NC(C)=O)[nH]2)c1.O=C(O)C(F)(F)F. The molecule has 2 heterocycles. The molecule has 0 saturated carbocycles. The molecule has 1 aromatic heterocycles. The van der Waals surface area contributed by atoms with Gasteiger partial charge >= 0.3 is 12.1 Å². The molecule has 2 unspecified atom stereocenters. The largest absolute Gasteiger partial charge is 0.497 e. The number of alkyl halides is 3. The number of carbonyl (C=O) groups is 3. The molecule has 214 valence electrons. The number of carbonyl (C=O) groups excluding carboxylic acids is 2. The third kappa shape index (κ3) is 7.81. The molecular weight excluding hydrogens is 557 g/mol. The second-order valence-electron chi connectivity index (χ2n) is 8.68. The second-order valence-corrected chi connectivity index (χ2v) is 10.5. The maximum atomic E-state index is 12.1. The topological polar surface area (TPSA) is 168 Å². The number of hydrogen-bond acceptors (Lipinski definition) is 7. The highest BCUT2D eigenvalue weighted by Gasteiger charge is 2.38. The molecule has 1 aliphatic heterocycles. The Labute approximate surface area is 226 Å². The van der Waals surface area contributed by atoms with Crippen LogP contribution in [-0.4, -0.2) is 54.6 Å². The molecule has 15 heteroatoms. The Hall–Kier alpha value is -4.40. The van der Waals surface area contributed by atoms with Gasteiger partial charge in [0, 0.05) is 12.5 Å². The first-order valence-electron chi connectivity index (χ1n) is 11.6. The van der Waals surface area contributed by atoms with E-state index in [2.05, 4.69) is 15.3 Å². The Morgan fingerprint density at radius 3 is 2.38 bits per heavy atom. The summed E-state index contributed by atoms with van der Waals surface area (Å²) >= 11 is 0. The molecule has 1 aliphatic rings. The minimum Gasteiger partial charge on any atom is -0.497 e. The number of amides is 2. The maximum absolute atomic E-state index is 12.1. The number of methoxy groups -OCH3 is 1. The molecule has 3 aromatic rings. The van der Waals surface area contributed by atoms with E-state index < -0.39 is 39.4 Å². The maximum Gasteiger partial charge on any atom is 0.490 e. The van der Waals surface area contributed by atoms with Crippen molar-refractivity contribution in [2.45, 2.75) is 37.2 Å². The van der Waals surface area contributed by atoms with E-state index in [-0.39, 0.29) is 12.3 Å². The van der Waals surface area contributed by atoms with E-state index in [1.807, 2.05) is 29.0 Å². The van der Waals surface area contributed by atoms with Crippen LogP contribution in [0.25, 0.3) is 11.3 Å². The van der Waals surface area contributed by atoms with Crippen molar-refractivity contribution in [3.63, 3.8) is 0 Å². The number of halogens is 3. The number of aromatic amines is 1. The zero-order chi connectivity index (χ0) is 29.7. The van der Waals surface area contributed by atoms with Crippen LogP contribution < -0.4 is 14.8 Å². The van der Waals surface area contributed by atoms with Gasteiger partial charge in [0.2, 0.25) is 21.8 Å². The standard InChI is InChI=1S/C23H24N4O5S.C2HF3O2/c1-14(28)25-19(23-24-13-20(26-23)17-4-3-5-18(11-17)32-2)10-15-6-8-16(9-7-15)21-12-22(29)27-33(21,30)31;3-2(4,5)1(6)7/h3-9,11,13,19,21H,10,12H2,1-2H3,(H,24,26)(H,25,28)(H,27,29);(H,6,7). The first kappa shape index (κ1) is 30.1. The van der Waals surface area contributed by atoms with Crippen molar-refractivity contribution in [1.29, 1.82) is 0 Å². The fourth-order valence-electron chi connectivity index (χ4n) is 3.86. The van der Waals surface area contributed by atoms with Crippen molar-refractivity contribution < 1.29 is 45.8 Å². The van der Waals surface area contributed by atoms with Crippen molar-refractivity contribution >= 4 is 27.8 Å². The molecule has 0 aliphatic carbocycles. The molecule has 2 atom stereocenters. The zero-order valence-corrected chi connectivity index (χ0v) is 22.0. The Morgan fingerprint density at radius 2 is 1.85 bits per heavy atom. The lowest BCUT2D eigenvalue weighted by atomic mass is 10.0. The number of H-pyrrole nitrogens is 1. The molecule has 0 spiro atoms. The number of carboxylic acid groups (broad SMARTS) is 1. The van der Waals surface area contributed by atoms with Gasteiger partial charge in [-0.25, -0.2) is 18.2 Å². The molecule has 1 fully saturated rings. The quantitative estimate of drug-likeness (QED) is 0.330. The van der Waals surface area contributed by atoms with E-state index in [1.54, 1.807) is 37.6 Å². The van der Waals surface area contributed by atoms with E-state index in [0.29, 0.717) is 17.8 Å². The van der Waals surface area contributed by atoms with Crippen LogP contribution >= 0.6 is 0 Å². The number of hydrogen-bond donors (Lipinski definition) is 4. The highest BCUT2D eigenvalue weighted by molar-refractivity contribution is 7.90. The lowest BCUT2D eigenvalue weighted by Crippen LogP contribution is -2.28. The molecule has 2 amide bonds. The van der Waals surface area contributed by atoms with Crippen molar-refractivity contribution in [2.24, 2.45) is 0 Å². The minimum absolute atomic E-state index is 0.0877. The van der Waals surface area contributed by atoms with Crippen molar-refractivity contribution in [3.05, 3.63) is 71.7 Å². The van der Waals surface area contributed by atoms with Gasteiger partial charge in [0.05, 0.1) is 31.5 Å². The van der Waals surface area contributed by atoms with Gasteiger partial charge in [-0.15, -0.1) is 0 Å². The monoisotopic (exact) mass is 582 g/mol. The molecule has 2 aromatic carbocycles. The summed E-state index contributed by atoms with van der Waals surface area (Å²) in [6, 6.07) is 14.2. The molecule has 40 heavy (non-hydrogen) atoms. The summed E-state index contributed by atoms with van der Waals surface area (Å²) in [5.41, 5.74) is 3.12. The number of nitrogens with zero attached hydrogens (tertiary/aromatic N) is 1. The van der Waals surface area contributed by atoms with Crippen LogP contribution in [0.4, 0.5) is 13.2 Å². The Balaban J connectivity index is 0.000000559. The van der Waals surface area contributed by atoms with E-state index in [1.165, 1.54) is 6.92 Å². The van der Waals surface area contributed by atoms with Crippen molar-refractivity contribution in [1.82, 2.24) is 20.0 Å². The lowest BCUT2D eigenvalue weighted by molar-refractivity contribution is -0.192. The van der Waals surface area contributed by atoms with Gasteiger partial charge in [-0.1, -0.05) is 36.4 Å².